The van der Waals surface area contributed by atoms with Crippen molar-refractivity contribution in [2.24, 2.45) is 0 Å². The minimum Gasteiger partial charge on any atom is -0.481 e. The normalized spacial score (nSPS) is 25.1. The highest BCUT2D eigenvalue weighted by atomic mass is 16.4. The highest BCUT2D eigenvalue weighted by Gasteiger charge is 2.36. The predicted molar refractivity (Wildman–Crippen MR) is 47.1 cm³/mol. The Balaban J connectivity index is 2.44. The third kappa shape index (κ3) is 1.97. The van der Waals surface area contributed by atoms with Crippen molar-refractivity contribution in [3.05, 3.63) is 0 Å². The van der Waals surface area contributed by atoms with Crippen LogP contribution >= 0.6 is 0 Å². The highest BCUT2D eigenvalue weighted by Crippen LogP contribution is 2.29. The lowest BCUT2D eigenvalue weighted by Gasteiger charge is -2.49. The number of nitrogens with zero attached hydrogens (tertiary/aromatic N) is 1. The fourth-order valence-corrected chi connectivity index (χ4v) is 1.74. The highest BCUT2D eigenvalue weighted by molar-refractivity contribution is 5.67. The van der Waals surface area contributed by atoms with Crippen LogP contribution in [0, 0.1) is 0 Å². The van der Waals surface area contributed by atoms with Crippen LogP contribution in [0.4, 0.5) is 0 Å². The summed E-state index contributed by atoms with van der Waals surface area (Å²) in [6, 6.07) is 0.266. The lowest BCUT2D eigenvalue weighted by Crippen LogP contribution is -2.57. The molecule has 1 atom stereocenters. The molecule has 1 aliphatic heterocycles. The smallest absolute Gasteiger partial charge is 0.304 e. The predicted octanol–water partition coefficient (Wildman–Crippen LogP) is 1.33. The van der Waals surface area contributed by atoms with E-state index in [1.165, 1.54) is 0 Å². The number of carbonyl (C=O) groups is 1. The quantitative estimate of drug-likeness (QED) is 0.681. The van der Waals surface area contributed by atoms with Crippen molar-refractivity contribution >= 4 is 5.97 Å². The fourth-order valence-electron chi connectivity index (χ4n) is 1.74. The van der Waals surface area contributed by atoms with Gasteiger partial charge in [0.2, 0.25) is 0 Å². The van der Waals surface area contributed by atoms with Crippen LogP contribution < -0.4 is 0 Å². The number of hydrogen-bond acceptors (Lipinski definition) is 2. The van der Waals surface area contributed by atoms with Gasteiger partial charge in [-0.15, -0.1) is 0 Å². The summed E-state index contributed by atoms with van der Waals surface area (Å²) in [5, 5.41) is 8.61. The van der Waals surface area contributed by atoms with Gasteiger partial charge in [-0.25, -0.2) is 0 Å². The standard InChI is InChI=1S/C9H17NO2/c1-9(2,3)10-5-4-7(10)6-8(11)12/h7H,4-6H2,1-3H3,(H,11,12). The number of aliphatic carboxylic acids is 1. The third-order valence-corrected chi connectivity index (χ3v) is 2.42. The molecule has 0 radical (unpaired) electrons. The Morgan fingerprint density at radius 2 is 2.17 bits per heavy atom. The van der Waals surface area contributed by atoms with Gasteiger partial charge in [-0.1, -0.05) is 0 Å². The molecule has 70 valence electrons. The van der Waals surface area contributed by atoms with Crippen LogP contribution in [0.15, 0.2) is 0 Å². The average Bonchev–Trinajstić information content (AvgIpc) is 1.75. The Morgan fingerprint density at radius 1 is 1.58 bits per heavy atom. The van der Waals surface area contributed by atoms with E-state index in [0.29, 0.717) is 0 Å². The van der Waals surface area contributed by atoms with Crippen molar-refractivity contribution in [1.29, 1.82) is 0 Å². The SMILES string of the molecule is CC(C)(C)N1CCC1CC(=O)O. The molecule has 0 spiro atoms. The Hall–Kier alpha value is -0.570. The van der Waals surface area contributed by atoms with Gasteiger partial charge in [-0.2, -0.15) is 0 Å². The van der Waals surface area contributed by atoms with Gasteiger partial charge in [-0.3, -0.25) is 9.69 Å². The first-order chi connectivity index (χ1) is 5.41. The zero-order valence-corrected chi connectivity index (χ0v) is 8.00. The molecule has 0 saturated carbocycles. The van der Waals surface area contributed by atoms with E-state index in [0.717, 1.165) is 13.0 Å². The van der Waals surface area contributed by atoms with E-state index in [9.17, 15) is 4.79 Å². The van der Waals surface area contributed by atoms with E-state index in [1.807, 2.05) is 0 Å². The molecule has 1 aliphatic rings. The minimum atomic E-state index is -0.686. The first kappa shape index (κ1) is 9.52. The first-order valence-electron chi connectivity index (χ1n) is 4.40. The summed E-state index contributed by atoms with van der Waals surface area (Å²) in [4.78, 5) is 12.7. The summed E-state index contributed by atoms with van der Waals surface area (Å²) in [6.45, 7) is 7.42. The Morgan fingerprint density at radius 3 is 2.42 bits per heavy atom. The molecule has 0 amide bonds. The summed E-state index contributed by atoms with van der Waals surface area (Å²) < 4.78 is 0. The van der Waals surface area contributed by atoms with Gasteiger partial charge < -0.3 is 5.11 Å². The third-order valence-electron chi connectivity index (χ3n) is 2.42. The molecule has 12 heavy (non-hydrogen) atoms. The second kappa shape index (κ2) is 3.05. The molecule has 3 nitrogen and oxygen atoms in total. The van der Waals surface area contributed by atoms with Crippen LogP contribution in [0.3, 0.4) is 0 Å². The fraction of sp³-hybridized carbons (Fsp3) is 0.889. The summed E-state index contributed by atoms with van der Waals surface area (Å²) in [5.74, 6) is -0.686. The van der Waals surface area contributed by atoms with Gasteiger partial charge in [-0.05, 0) is 27.2 Å². The molecule has 0 aliphatic carbocycles. The number of hydrogen-bond donors (Lipinski definition) is 1. The van der Waals surface area contributed by atoms with Gasteiger partial charge in [0.25, 0.3) is 0 Å². The van der Waals surface area contributed by atoms with Gasteiger partial charge in [0.15, 0.2) is 0 Å². The molecule has 1 saturated heterocycles. The molecule has 1 heterocycles. The van der Waals surface area contributed by atoms with E-state index in [1.54, 1.807) is 0 Å². The average molecular weight is 171 g/mol. The Kier molecular flexibility index (Phi) is 2.42. The van der Waals surface area contributed by atoms with Crippen LogP contribution in [0.2, 0.25) is 0 Å². The van der Waals surface area contributed by atoms with E-state index in [2.05, 4.69) is 25.7 Å². The molecule has 1 N–H and O–H groups in total. The van der Waals surface area contributed by atoms with Crippen LogP contribution in [0.5, 0.6) is 0 Å². The lowest BCUT2D eigenvalue weighted by molar-refractivity contribution is -0.140. The van der Waals surface area contributed by atoms with Crippen molar-refractivity contribution < 1.29 is 9.90 Å². The van der Waals surface area contributed by atoms with Crippen molar-refractivity contribution in [3.8, 4) is 0 Å². The van der Waals surface area contributed by atoms with Gasteiger partial charge in [0.1, 0.15) is 0 Å². The van der Waals surface area contributed by atoms with E-state index in [-0.39, 0.29) is 18.0 Å². The van der Waals surface area contributed by atoms with Crippen molar-refractivity contribution in [3.63, 3.8) is 0 Å². The maximum absolute atomic E-state index is 10.4. The number of carboxylic acid groups (broad SMARTS) is 1. The zero-order valence-electron chi connectivity index (χ0n) is 8.00. The molecule has 3 heteroatoms. The molecule has 1 rings (SSSR count). The topological polar surface area (TPSA) is 40.5 Å². The van der Waals surface area contributed by atoms with Crippen LogP contribution in [-0.4, -0.2) is 34.1 Å². The summed E-state index contributed by atoms with van der Waals surface area (Å²) in [6.07, 6.45) is 1.32. The van der Waals surface area contributed by atoms with Crippen molar-refractivity contribution in [2.75, 3.05) is 6.54 Å². The van der Waals surface area contributed by atoms with Crippen molar-refractivity contribution in [2.45, 2.75) is 45.2 Å². The Bertz CT molecular complexity index is 183. The monoisotopic (exact) mass is 171 g/mol. The number of rotatable bonds is 2. The zero-order chi connectivity index (χ0) is 9.35. The molecule has 1 unspecified atom stereocenters. The molecule has 0 aromatic carbocycles. The molecule has 0 aromatic rings. The van der Waals surface area contributed by atoms with E-state index >= 15 is 0 Å². The van der Waals surface area contributed by atoms with Crippen LogP contribution in [-0.2, 0) is 4.79 Å². The van der Waals surface area contributed by atoms with Crippen molar-refractivity contribution in [1.82, 2.24) is 4.90 Å². The van der Waals surface area contributed by atoms with E-state index < -0.39 is 5.97 Å². The van der Waals surface area contributed by atoms with Crippen LogP contribution in [0.1, 0.15) is 33.6 Å². The summed E-state index contributed by atoms with van der Waals surface area (Å²) >= 11 is 0. The van der Waals surface area contributed by atoms with Crippen LogP contribution in [0.25, 0.3) is 0 Å². The molecular formula is C9H17NO2. The van der Waals surface area contributed by atoms with E-state index in [4.69, 9.17) is 5.11 Å². The molecule has 0 bridgehead atoms. The Labute approximate surface area is 73.4 Å². The number of carboxylic acids is 1. The summed E-state index contributed by atoms with van der Waals surface area (Å²) in [7, 11) is 0. The molecule has 1 fully saturated rings. The first-order valence-corrected chi connectivity index (χ1v) is 4.40. The second-order valence-electron chi connectivity index (χ2n) is 4.40. The summed E-state index contributed by atoms with van der Waals surface area (Å²) in [5.41, 5.74) is 0.123. The lowest BCUT2D eigenvalue weighted by atomic mass is 9.91. The molecular weight excluding hydrogens is 154 g/mol. The molecule has 0 aromatic heterocycles. The second-order valence-corrected chi connectivity index (χ2v) is 4.40. The van der Waals surface area contributed by atoms with Gasteiger partial charge in [0, 0.05) is 18.1 Å². The van der Waals surface area contributed by atoms with Gasteiger partial charge in [0.05, 0.1) is 6.42 Å². The van der Waals surface area contributed by atoms with Gasteiger partial charge >= 0.3 is 5.97 Å². The minimum absolute atomic E-state index is 0.123. The maximum Gasteiger partial charge on any atom is 0.304 e. The largest absolute Gasteiger partial charge is 0.481 e. The maximum atomic E-state index is 10.4. The number of likely N-dealkylation sites (tertiary alicyclic amines) is 1.